The minimum atomic E-state index is 0.995. The van der Waals surface area contributed by atoms with Crippen molar-refractivity contribution in [2.75, 3.05) is 5.32 Å². The van der Waals surface area contributed by atoms with Gasteiger partial charge in [0, 0.05) is 16.0 Å². The van der Waals surface area contributed by atoms with E-state index in [0.29, 0.717) is 0 Å². The largest absolute Gasteiger partial charge is 0.331 e. The van der Waals surface area contributed by atoms with Crippen LogP contribution in [-0.2, 0) is 6.42 Å². The highest BCUT2D eigenvalue weighted by molar-refractivity contribution is 7.15. The standard InChI is InChI=1S/C18H20N2S.C2H6/c1-3-4-11-16-13(2)21-18(19-16)20-17-12-7-9-14-8-5-6-10-15(14)17;1-2/h5-10,12H,3-4,11H2,1-2H3,(H,19,20);1-2H3. The molecule has 23 heavy (non-hydrogen) atoms. The molecule has 0 bridgehead atoms. The number of rotatable bonds is 5. The molecule has 0 saturated carbocycles. The quantitative estimate of drug-likeness (QED) is 0.563. The molecule has 1 heterocycles. The number of nitrogens with one attached hydrogen (secondary N) is 1. The van der Waals surface area contributed by atoms with Crippen molar-refractivity contribution in [1.82, 2.24) is 4.98 Å². The lowest BCUT2D eigenvalue weighted by Gasteiger charge is -2.06. The number of fused-ring (bicyclic) bond motifs is 1. The molecule has 0 fully saturated rings. The fourth-order valence-electron chi connectivity index (χ4n) is 2.51. The van der Waals surface area contributed by atoms with E-state index in [0.717, 1.165) is 17.2 Å². The van der Waals surface area contributed by atoms with Gasteiger partial charge in [0.2, 0.25) is 0 Å². The number of aryl methyl sites for hydroxylation is 2. The van der Waals surface area contributed by atoms with E-state index >= 15 is 0 Å². The molecule has 1 N–H and O–H groups in total. The summed E-state index contributed by atoms with van der Waals surface area (Å²) in [7, 11) is 0. The maximum Gasteiger partial charge on any atom is 0.187 e. The summed E-state index contributed by atoms with van der Waals surface area (Å²) in [6.45, 7) is 8.38. The molecular weight excluding hydrogens is 300 g/mol. The summed E-state index contributed by atoms with van der Waals surface area (Å²) < 4.78 is 0. The summed E-state index contributed by atoms with van der Waals surface area (Å²) >= 11 is 1.75. The maximum absolute atomic E-state index is 4.76. The Morgan fingerprint density at radius 3 is 2.57 bits per heavy atom. The maximum atomic E-state index is 4.76. The minimum absolute atomic E-state index is 0.995. The number of hydrogen-bond acceptors (Lipinski definition) is 3. The third-order valence-electron chi connectivity index (χ3n) is 3.69. The number of hydrogen-bond donors (Lipinski definition) is 1. The van der Waals surface area contributed by atoms with Crippen molar-refractivity contribution in [1.29, 1.82) is 0 Å². The van der Waals surface area contributed by atoms with Crippen LogP contribution in [-0.4, -0.2) is 4.98 Å². The van der Waals surface area contributed by atoms with Crippen LogP contribution in [0.25, 0.3) is 10.8 Å². The zero-order chi connectivity index (χ0) is 16.7. The van der Waals surface area contributed by atoms with Gasteiger partial charge in [-0.1, -0.05) is 63.6 Å². The monoisotopic (exact) mass is 326 g/mol. The lowest BCUT2D eigenvalue weighted by Crippen LogP contribution is -1.92. The van der Waals surface area contributed by atoms with Crippen LogP contribution in [0, 0.1) is 6.92 Å². The Hall–Kier alpha value is -1.87. The Kier molecular flexibility index (Phi) is 6.60. The summed E-state index contributed by atoms with van der Waals surface area (Å²) in [6, 6.07) is 14.8. The minimum Gasteiger partial charge on any atom is -0.331 e. The molecule has 0 spiro atoms. The van der Waals surface area contributed by atoms with Gasteiger partial charge in [-0.05, 0) is 31.2 Å². The fraction of sp³-hybridized carbons (Fsp3) is 0.350. The number of benzene rings is 2. The van der Waals surface area contributed by atoms with Crippen LogP contribution in [0.1, 0.15) is 44.2 Å². The van der Waals surface area contributed by atoms with E-state index in [-0.39, 0.29) is 0 Å². The second-order valence-corrected chi connectivity index (χ2v) is 6.48. The third-order valence-corrected chi connectivity index (χ3v) is 4.62. The highest BCUT2D eigenvalue weighted by Crippen LogP contribution is 2.30. The molecule has 2 aromatic carbocycles. The van der Waals surface area contributed by atoms with Gasteiger partial charge in [0.25, 0.3) is 0 Å². The lowest BCUT2D eigenvalue weighted by molar-refractivity contribution is 0.778. The molecule has 0 aliphatic carbocycles. The number of anilines is 2. The summed E-state index contributed by atoms with van der Waals surface area (Å²) in [6.07, 6.45) is 3.50. The molecule has 3 rings (SSSR count). The van der Waals surface area contributed by atoms with E-state index in [4.69, 9.17) is 4.98 Å². The summed E-state index contributed by atoms with van der Waals surface area (Å²) in [5.41, 5.74) is 2.37. The molecule has 0 atom stereocenters. The van der Waals surface area contributed by atoms with Gasteiger partial charge in [0.05, 0.1) is 5.69 Å². The smallest absolute Gasteiger partial charge is 0.187 e. The van der Waals surface area contributed by atoms with Crippen LogP contribution in [0.5, 0.6) is 0 Å². The van der Waals surface area contributed by atoms with E-state index in [1.807, 2.05) is 13.8 Å². The van der Waals surface area contributed by atoms with E-state index in [9.17, 15) is 0 Å². The van der Waals surface area contributed by atoms with Crippen molar-refractivity contribution in [2.45, 2.75) is 47.0 Å². The van der Waals surface area contributed by atoms with Crippen LogP contribution in [0.3, 0.4) is 0 Å². The average molecular weight is 327 g/mol. The van der Waals surface area contributed by atoms with E-state index in [1.54, 1.807) is 11.3 Å². The summed E-state index contributed by atoms with van der Waals surface area (Å²) in [5.74, 6) is 0. The Morgan fingerprint density at radius 1 is 1.04 bits per heavy atom. The molecule has 0 radical (unpaired) electrons. The highest BCUT2D eigenvalue weighted by atomic mass is 32.1. The molecule has 3 heteroatoms. The van der Waals surface area contributed by atoms with Crippen molar-refractivity contribution in [3.05, 3.63) is 53.0 Å². The number of thiazole rings is 1. The van der Waals surface area contributed by atoms with Gasteiger partial charge >= 0.3 is 0 Å². The molecule has 0 saturated heterocycles. The molecule has 1 aromatic heterocycles. The van der Waals surface area contributed by atoms with Crippen LogP contribution in [0.15, 0.2) is 42.5 Å². The first-order valence-electron chi connectivity index (χ1n) is 8.49. The average Bonchev–Trinajstić information content (AvgIpc) is 2.94. The topological polar surface area (TPSA) is 24.9 Å². The molecule has 3 aromatic rings. The van der Waals surface area contributed by atoms with E-state index < -0.39 is 0 Å². The predicted octanol–water partition coefficient (Wildman–Crippen LogP) is 6.72. The Morgan fingerprint density at radius 2 is 1.78 bits per heavy atom. The molecule has 0 aliphatic heterocycles. The van der Waals surface area contributed by atoms with Crippen LogP contribution in [0.4, 0.5) is 10.8 Å². The van der Waals surface area contributed by atoms with Crippen LogP contribution >= 0.6 is 11.3 Å². The SMILES string of the molecule is CC.CCCCc1nc(Nc2cccc3ccccc23)sc1C. The fourth-order valence-corrected chi connectivity index (χ4v) is 3.38. The number of nitrogens with zero attached hydrogens (tertiary/aromatic N) is 1. The van der Waals surface area contributed by atoms with Crippen molar-refractivity contribution in [3.8, 4) is 0 Å². The molecule has 0 aliphatic rings. The van der Waals surface area contributed by atoms with Gasteiger partial charge in [0.1, 0.15) is 0 Å². The zero-order valence-corrected chi connectivity index (χ0v) is 15.3. The Balaban J connectivity index is 0.000000924. The van der Waals surface area contributed by atoms with E-state index in [2.05, 4.69) is 61.6 Å². The second-order valence-electron chi connectivity index (χ2n) is 5.28. The second kappa shape index (κ2) is 8.68. The van der Waals surface area contributed by atoms with Gasteiger partial charge in [0.15, 0.2) is 5.13 Å². The highest BCUT2D eigenvalue weighted by Gasteiger charge is 2.08. The summed E-state index contributed by atoms with van der Waals surface area (Å²) in [4.78, 5) is 6.08. The molecule has 0 amide bonds. The third kappa shape index (κ3) is 4.32. The van der Waals surface area contributed by atoms with Crippen molar-refractivity contribution >= 4 is 32.9 Å². The van der Waals surface area contributed by atoms with Crippen molar-refractivity contribution in [3.63, 3.8) is 0 Å². The first kappa shape index (κ1) is 17.5. The Labute approximate surface area is 143 Å². The van der Waals surface area contributed by atoms with Gasteiger partial charge in [-0.25, -0.2) is 4.98 Å². The molecular formula is C20H26N2S. The number of unbranched alkanes of at least 4 members (excludes halogenated alkanes) is 1. The summed E-state index contributed by atoms with van der Waals surface area (Å²) in [5, 5.41) is 6.98. The first-order valence-corrected chi connectivity index (χ1v) is 9.30. The van der Waals surface area contributed by atoms with Gasteiger partial charge < -0.3 is 5.32 Å². The molecule has 2 nitrogen and oxygen atoms in total. The molecule has 122 valence electrons. The first-order chi connectivity index (χ1) is 11.3. The number of aromatic nitrogens is 1. The van der Waals surface area contributed by atoms with Gasteiger partial charge in [-0.15, -0.1) is 11.3 Å². The van der Waals surface area contributed by atoms with Crippen molar-refractivity contribution in [2.24, 2.45) is 0 Å². The normalized spacial score (nSPS) is 10.3. The van der Waals surface area contributed by atoms with Crippen molar-refractivity contribution < 1.29 is 0 Å². The van der Waals surface area contributed by atoms with Crippen LogP contribution < -0.4 is 5.32 Å². The van der Waals surface area contributed by atoms with Gasteiger partial charge in [-0.2, -0.15) is 0 Å². The Bertz CT molecular complexity index is 741. The van der Waals surface area contributed by atoms with Crippen LogP contribution in [0.2, 0.25) is 0 Å². The van der Waals surface area contributed by atoms with E-state index in [1.165, 1.54) is 34.2 Å². The van der Waals surface area contributed by atoms with Gasteiger partial charge in [-0.3, -0.25) is 0 Å². The molecule has 0 unspecified atom stereocenters. The lowest BCUT2D eigenvalue weighted by atomic mass is 10.1. The predicted molar refractivity (Wildman–Crippen MR) is 104 cm³/mol. The zero-order valence-electron chi connectivity index (χ0n) is 14.5.